The van der Waals surface area contributed by atoms with Crippen molar-refractivity contribution in [3.8, 4) is 5.75 Å². The van der Waals surface area contributed by atoms with Crippen LogP contribution in [0.2, 0.25) is 0 Å². The van der Waals surface area contributed by atoms with Crippen molar-refractivity contribution in [3.05, 3.63) is 72.2 Å². The van der Waals surface area contributed by atoms with E-state index in [-0.39, 0.29) is 5.91 Å². The molecule has 0 unspecified atom stereocenters. The number of nitrogens with zero attached hydrogens (tertiary/aromatic N) is 4. The highest BCUT2D eigenvalue weighted by atomic mass is 32.2. The zero-order valence-corrected chi connectivity index (χ0v) is 17.5. The van der Waals surface area contributed by atoms with Crippen molar-refractivity contribution in [3.63, 3.8) is 0 Å². The molecule has 0 fully saturated rings. The predicted molar refractivity (Wildman–Crippen MR) is 116 cm³/mol. The van der Waals surface area contributed by atoms with E-state index in [0.717, 1.165) is 22.0 Å². The molecule has 0 aliphatic rings. The summed E-state index contributed by atoms with van der Waals surface area (Å²) in [4.78, 5) is 22.5. The Morgan fingerprint density at radius 1 is 1.13 bits per heavy atom. The number of hydrogen-bond acceptors (Lipinski definition) is 6. The summed E-state index contributed by atoms with van der Waals surface area (Å²) in [6.45, 7) is 4.44. The lowest BCUT2D eigenvalue weighted by molar-refractivity contribution is 0.102. The summed E-state index contributed by atoms with van der Waals surface area (Å²) >= 11 is 1.50. The van der Waals surface area contributed by atoms with Crippen LogP contribution in [0.5, 0.6) is 5.75 Å². The van der Waals surface area contributed by atoms with Crippen molar-refractivity contribution in [2.75, 3.05) is 11.9 Å². The average Bonchev–Trinajstić information content (AvgIpc) is 3.24. The minimum absolute atomic E-state index is 0.220. The first kappa shape index (κ1) is 19.9. The summed E-state index contributed by atoms with van der Waals surface area (Å²) in [5.74, 6) is 0.902. The van der Waals surface area contributed by atoms with E-state index < -0.39 is 0 Å². The van der Waals surface area contributed by atoms with Crippen LogP contribution >= 0.6 is 11.8 Å². The summed E-state index contributed by atoms with van der Waals surface area (Å²) in [6.07, 6.45) is 2.29. The van der Waals surface area contributed by atoms with Gasteiger partial charge in [0.1, 0.15) is 17.1 Å². The molecule has 4 aromatic rings. The maximum Gasteiger partial charge on any atom is 0.259 e. The van der Waals surface area contributed by atoms with Gasteiger partial charge in [0.05, 0.1) is 17.9 Å². The number of amides is 1. The van der Waals surface area contributed by atoms with Gasteiger partial charge < -0.3 is 10.1 Å². The van der Waals surface area contributed by atoms with Gasteiger partial charge in [0, 0.05) is 10.6 Å². The number of aryl methyl sites for hydroxylation is 1. The number of carbonyl (C=O) groups excluding carboxylic acids is 1. The molecule has 30 heavy (non-hydrogen) atoms. The molecule has 0 radical (unpaired) electrons. The van der Waals surface area contributed by atoms with Crippen molar-refractivity contribution in [1.82, 2.24) is 19.6 Å². The van der Waals surface area contributed by atoms with Gasteiger partial charge in [0.2, 0.25) is 0 Å². The number of para-hydroxylation sites is 2. The Hall–Kier alpha value is -3.39. The first-order valence-electron chi connectivity index (χ1n) is 9.69. The van der Waals surface area contributed by atoms with Gasteiger partial charge in [-0.25, -0.2) is 4.98 Å². The molecule has 0 aliphatic carbocycles. The molecule has 7 nitrogen and oxygen atoms in total. The third-order valence-corrected chi connectivity index (χ3v) is 5.49. The number of aromatic nitrogens is 4. The van der Waals surface area contributed by atoms with Crippen LogP contribution in [0.15, 0.2) is 70.8 Å². The van der Waals surface area contributed by atoms with Gasteiger partial charge in [0.15, 0.2) is 0 Å². The monoisotopic (exact) mass is 419 g/mol. The second kappa shape index (κ2) is 8.96. The molecule has 0 saturated carbocycles. The number of benzene rings is 2. The lowest BCUT2D eigenvalue weighted by Crippen LogP contribution is -2.14. The van der Waals surface area contributed by atoms with Crippen LogP contribution in [0.4, 0.5) is 5.69 Å². The molecule has 0 aliphatic heterocycles. The van der Waals surface area contributed by atoms with Gasteiger partial charge in [0.25, 0.3) is 11.7 Å². The van der Waals surface area contributed by atoms with Crippen molar-refractivity contribution in [2.45, 2.75) is 30.2 Å². The highest BCUT2D eigenvalue weighted by molar-refractivity contribution is 7.99. The smallest absolute Gasteiger partial charge is 0.259 e. The number of anilines is 1. The standard InChI is InChI=1S/C22H21N5O2S/c1-3-15-13-20(27-22(25-15)23-14-24-27)30-19-12-8-6-10-17(19)26-21(28)16-9-5-7-11-18(16)29-4-2/h5-14H,3-4H2,1-2H3,(H,26,28). The second-order valence-corrected chi connectivity index (χ2v) is 7.45. The molecule has 8 heteroatoms. The van der Waals surface area contributed by atoms with Gasteiger partial charge in [-0.05, 0) is 43.7 Å². The van der Waals surface area contributed by atoms with Crippen molar-refractivity contribution in [1.29, 1.82) is 0 Å². The first-order chi connectivity index (χ1) is 14.7. The van der Waals surface area contributed by atoms with Crippen molar-refractivity contribution < 1.29 is 9.53 Å². The van der Waals surface area contributed by atoms with Gasteiger partial charge in [-0.2, -0.15) is 14.6 Å². The fourth-order valence-electron chi connectivity index (χ4n) is 2.98. The quantitative estimate of drug-likeness (QED) is 0.445. The first-order valence-corrected chi connectivity index (χ1v) is 10.5. The Morgan fingerprint density at radius 3 is 2.77 bits per heavy atom. The highest BCUT2D eigenvalue weighted by Gasteiger charge is 2.15. The van der Waals surface area contributed by atoms with E-state index in [1.54, 1.807) is 16.6 Å². The summed E-state index contributed by atoms with van der Waals surface area (Å²) in [6, 6.07) is 16.9. The van der Waals surface area contributed by atoms with Crippen LogP contribution in [-0.2, 0) is 6.42 Å². The topological polar surface area (TPSA) is 81.4 Å². The Morgan fingerprint density at radius 2 is 1.93 bits per heavy atom. The fraction of sp³-hybridized carbons (Fsp3) is 0.182. The molecule has 1 N–H and O–H groups in total. The average molecular weight is 420 g/mol. The number of ether oxygens (including phenoxy) is 1. The van der Waals surface area contributed by atoms with Crippen LogP contribution in [0, 0.1) is 0 Å². The number of hydrogen-bond donors (Lipinski definition) is 1. The summed E-state index contributed by atoms with van der Waals surface area (Å²) in [5.41, 5.74) is 2.14. The van der Waals surface area contributed by atoms with Gasteiger partial charge in [-0.15, -0.1) is 0 Å². The maximum atomic E-state index is 12.9. The van der Waals surface area contributed by atoms with Crippen LogP contribution in [-0.4, -0.2) is 32.1 Å². The lowest BCUT2D eigenvalue weighted by Gasteiger charge is -2.13. The molecule has 0 atom stereocenters. The molecule has 2 heterocycles. The Bertz CT molecular complexity index is 1190. The van der Waals surface area contributed by atoms with Crippen LogP contribution in [0.25, 0.3) is 5.78 Å². The predicted octanol–water partition coefficient (Wildman–Crippen LogP) is 4.49. The minimum Gasteiger partial charge on any atom is -0.493 e. The molecule has 0 bridgehead atoms. The van der Waals surface area contributed by atoms with E-state index in [4.69, 9.17) is 4.74 Å². The van der Waals surface area contributed by atoms with Crippen LogP contribution < -0.4 is 10.1 Å². The van der Waals surface area contributed by atoms with E-state index in [1.165, 1.54) is 18.1 Å². The molecule has 0 spiro atoms. The van der Waals surface area contributed by atoms with Crippen LogP contribution in [0.3, 0.4) is 0 Å². The summed E-state index contributed by atoms with van der Waals surface area (Å²) in [7, 11) is 0. The Labute approximate surface area is 178 Å². The van der Waals surface area contributed by atoms with Crippen molar-refractivity contribution in [2.24, 2.45) is 0 Å². The van der Waals surface area contributed by atoms with E-state index in [0.29, 0.717) is 29.4 Å². The third kappa shape index (κ3) is 4.13. The Kier molecular flexibility index (Phi) is 5.94. The number of fused-ring (bicyclic) bond motifs is 1. The normalized spacial score (nSPS) is 10.9. The van der Waals surface area contributed by atoms with Crippen LogP contribution in [0.1, 0.15) is 29.9 Å². The van der Waals surface area contributed by atoms with Gasteiger partial charge in [-0.1, -0.05) is 43.0 Å². The van der Waals surface area contributed by atoms with Gasteiger partial charge >= 0.3 is 0 Å². The highest BCUT2D eigenvalue weighted by Crippen LogP contribution is 2.34. The van der Waals surface area contributed by atoms with Gasteiger partial charge in [-0.3, -0.25) is 4.79 Å². The van der Waals surface area contributed by atoms with E-state index in [9.17, 15) is 4.79 Å². The van der Waals surface area contributed by atoms with E-state index in [1.807, 2.05) is 56.3 Å². The molecule has 2 aromatic heterocycles. The van der Waals surface area contributed by atoms with Crippen molar-refractivity contribution >= 4 is 29.1 Å². The number of nitrogens with one attached hydrogen (secondary N) is 1. The SMILES string of the molecule is CCOc1ccccc1C(=O)Nc1ccccc1Sc1cc(CC)nc2ncnn12. The van der Waals surface area contributed by atoms with E-state index >= 15 is 0 Å². The molecule has 1 amide bonds. The second-order valence-electron chi connectivity index (χ2n) is 6.39. The zero-order chi connectivity index (χ0) is 20.9. The molecule has 0 saturated heterocycles. The third-order valence-electron chi connectivity index (χ3n) is 4.42. The molecule has 152 valence electrons. The minimum atomic E-state index is -0.220. The summed E-state index contributed by atoms with van der Waals surface area (Å²) in [5, 5.41) is 8.17. The molecule has 4 rings (SSSR count). The molecule has 2 aromatic carbocycles. The number of rotatable bonds is 7. The zero-order valence-electron chi connectivity index (χ0n) is 16.7. The molecular weight excluding hydrogens is 398 g/mol. The Balaban J connectivity index is 1.64. The number of carbonyl (C=O) groups is 1. The lowest BCUT2D eigenvalue weighted by atomic mass is 10.2. The summed E-state index contributed by atoms with van der Waals surface area (Å²) < 4.78 is 7.30. The molecular formula is C22H21N5O2S. The fourth-order valence-corrected chi connectivity index (χ4v) is 3.99. The largest absolute Gasteiger partial charge is 0.493 e. The maximum absolute atomic E-state index is 12.9. The van der Waals surface area contributed by atoms with E-state index in [2.05, 4.69) is 20.4 Å².